The van der Waals surface area contributed by atoms with E-state index < -0.39 is 5.91 Å². The summed E-state index contributed by atoms with van der Waals surface area (Å²) in [5, 5.41) is 4.37. The number of nitrogens with one attached hydrogen (secondary N) is 1. The monoisotopic (exact) mass is 423 g/mol. The summed E-state index contributed by atoms with van der Waals surface area (Å²) in [5.74, 6) is -0.864. The van der Waals surface area contributed by atoms with Crippen LogP contribution in [0.15, 0.2) is 60.3 Å². The van der Waals surface area contributed by atoms with Gasteiger partial charge >= 0.3 is 0 Å². The van der Waals surface area contributed by atoms with E-state index in [1.165, 1.54) is 4.90 Å². The molecule has 0 unspecified atom stereocenters. The van der Waals surface area contributed by atoms with Gasteiger partial charge in [0.1, 0.15) is 5.57 Å². The number of thiocarbonyl (C=S) groups is 1. The summed E-state index contributed by atoms with van der Waals surface area (Å²) in [5.41, 5.74) is 2.84. The number of amides is 2. The van der Waals surface area contributed by atoms with Crippen molar-refractivity contribution in [3.8, 4) is 0 Å². The predicted molar refractivity (Wildman–Crippen MR) is 119 cm³/mol. The van der Waals surface area contributed by atoms with Gasteiger partial charge in [-0.3, -0.25) is 19.8 Å². The highest BCUT2D eigenvalue weighted by molar-refractivity contribution is 7.80. The first-order valence-electron chi connectivity index (χ1n) is 9.19. The zero-order valence-corrected chi connectivity index (χ0v) is 17.3. The topological polar surface area (TPSA) is 54.3 Å². The van der Waals surface area contributed by atoms with Crippen LogP contribution in [0.5, 0.6) is 0 Å². The maximum atomic E-state index is 12.7. The largest absolute Gasteiger partial charge is 0.342 e. The van der Waals surface area contributed by atoms with Gasteiger partial charge in [0, 0.05) is 40.8 Å². The van der Waals surface area contributed by atoms with E-state index in [4.69, 9.17) is 23.8 Å². The van der Waals surface area contributed by atoms with Crippen LogP contribution in [0.1, 0.15) is 18.1 Å². The molecule has 2 amide bonds. The lowest BCUT2D eigenvalue weighted by atomic mass is 10.1. The van der Waals surface area contributed by atoms with Crippen molar-refractivity contribution in [3.63, 3.8) is 0 Å². The lowest BCUT2D eigenvalue weighted by molar-refractivity contribution is -0.128. The first-order chi connectivity index (χ1) is 14.0. The Morgan fingerprint density at radius 1 is 1.10 bits per heavy atom. The van der Waals surface area contributed by atoms with Gasteiger partial charge in [0.2, 0.25) is 0 Å². The fraction of sp³-hybridized carbons (Fsp3) is 0.136. The third-order valence-corrected chi connectivity index (χ3v) is 5.61. The Labute approximate surface area is 178 Å². The normalized spacial score (nSPS) is 16.0. The van der Waals surface area contributed by atoms with Crippen LogP contribution in [0.2, 0.25) is 5.02 Å². The fourth-order valence-corrected chi connectivity index (χ4v) is 3.97. The molecule has 1 aliphatic heterocycles. The van der Waals surface area contributed by atoms with E-state index in [1.807, 2.05) is 61.7 Å². The summed E-state index contributed by atoms with van der Waals surface area (Å²) < 4.78 is 2.07. The van der Waals surface area contributed by atoms with Crippen molar-refractivity contribution in [3.05, 3.63) is 76.5 Å². The smallest absolute Gasteiger partial charge is 0.265 e. The Kier molecular flexibility index (Phi) is 5.22. The molecule has 7 heteroatoms. The Balaban J connectivity index is 1.80. The van der Waals surface area contributed by atoms with Crippen molar-refractivity contribution in [1.82, 2.24) is 14.8 Å². The zero-order valence-electron chi connectivity index (χ0n) is 15.7. The Morgan fingerprint density at radius 2 is 1.83 bits per heavy atom. The lowest BCUT2D eigenvalue weighted by Crippen LogP contribution is -2.53. The molecular weight excluding hydrogens is 406 g/mol. The molecule has 2 heterocycles. The molecule has 4 rings (SSSR count). The molecule has 0 saturated carbocycles. The standard InChI is InChI=1S/C22H18ClN3O2S/c1-2-26-21(28)17(20(27)24-22(26)29)11-15-13-25(19-10-6-4-8-16(15)19)12-14-7-3-5-9-18(14)23/h3-11,13H,2,12H2,1H3,(H,24,27,29). The molecule has 1 aromatic heterocycles. The van der Waals surface area contributed by atoms with E-state index in [9.17, 15) is 9.59 Å². The predicted octanol–water partition coefficient (Wildman–Crippen LogP) is 3.99. The molecule has 146 valence electrons. The lowest BCUT2D eigenvalue weighted by Gasteiger charge is -2.27. The summed E-state index contributed by atoms with van der Waals surface area (Å²) in [4.78, 5) is 26.5. The van der Waals surface area contributed by atoms with E-state index >= 15 is 0 Å². The molecule has 0 spiro atoms. The van der Waals surface area contributed by atoms with Gasteiger partial charge in [-0.1, -0.05) is 48.0 Å². The summed E-state index contributed by atoms with van der Waals surface area (Å²) in [7, 11) is 0. The highest BCUT2D eigenvalue weighted by atomic mass is 35.5. The quantitative estimate of drug-likeness (QED) is 0.392. The third kappa shape index (κ3) is 3.57. The average Bonchev–Trinajstić information content (AvgIpc) is 3.05. The number of benzene rings is 2. The van der Waals surface area contributed by atoms with Crippen molar-refractivity contribution in [2.75, 3.05) is 6.54 Å². The van der Waals surface area contributed by atoms with Crippen LogP contribution in [-0.2, 0) is 16.1 Å². The number of rotatable bonds is 4. The number of hydrogen-bond donors (Lipinski definition) is 1. The van der Waals surface area contributed by atoms with Crippen molar-refractivity contribution >= 4 is 57.7 Å². The molecule has 0 bridgehead atoms. The number of halogens is 1. The second-order valence-corrected chi connectivity index (χ2v) is 7.48. The summed E-state index contributed by atoms with van der Waals surface area (Å²) in [6.07, 6.45) is 3.57. The molecule has 1 saturated heterocycles. The number of para-hydroxylation sites is 1. The second kappa shape index (κ2) is 7.81. The van der Waals surface area contributed by atoms with Crippen LogP contribution < -0.4 is 5.32 Å². The first-order valence-corrected chi connectivity index (χ1v) is 9.98. The maximum Gasteiger partial charge on any atom is 0.265 e. The summed E-state index contributed by atoms with van der Waals surface area (Å²) >= 11 is 11.4. The van der Waals surface area contributed by atoms with Gasteiger partial charge < -0.3 is 4.57 Å². The zero-order chi connectivity index (χ0) is 20.5. The number of likely N-dealkylation sites (N-methyl/N-ethyl adjacent to an activating group) is 1. The van der Waals surface area contributed by atoms with Gasteiger partial charge in [0.25, 0.3) is 11.8 Å². The van der Waals surface area contributed by atoms with Gasteiger partial charge in [-0.25, -0.2) is 0 Å². The van der Waals surface area contributed by atoms with Gasteiger partial charge in [0.15, 0.2) is 5.11 Å². The number of fused-ring (bicyclic) bond motifs is 1. The van der Waals surface area contributed by atoms with Crippen molar-refractivity contribution in [1.29, 1.82) is 0 Å². The minimum atomic E-state index is -0.479. The average molecular weight is 424 g/mol. The molecule has 3 aromatic rings. The second-order valence-electron chi connectivity index (χ2n) is 6.69. The van der Waals surface area contributed by atoms with E-state index in [2.05, 4.69) is 9.88 Å². The Hall–Kier alpha value is -2.96. The van der Waals surface area contributed by atoms with Crippen LogP contribution in [-0.4, -0.2) is 32.9 Å². The first kappa shape index (κ1) is 19.4. The van der Waals surface area contributed by atoms with Crippen LogP contribution in [0, 0.1) is 0 Å². The number of aromatic nitrogens is 1. The Morgan fingerprint density at radius 3 is 2.59 bits per heavy atom. The highest BCUT2D eigenvalue weighted by Gasteiger charge is 2.32. The molecule has 2 aromatic carbocycles. The van der Waals surface area contributed by atoms with E-state index in [0.717, 1.165) is 22.0 Å². The maximum absolute atomic E-state index is 12.7. The van der Waals surface area contributed by atoms with E-state index in [0.29, 0.717) is 18.1 Å². The molecule has 1 aliphatic rings. The van der Waals surface area contributed by atoms with Crippen LogP contribution in [0.3, 0.4) is 0 Å². The minimum Gasteiger partial charge on any atom is -0.342 e. The van der Waals surface area contributed by atoms with Crippen LogP contribution in [0.4, 0.5) is 0 Å². The molecule has 1 fully saturated rings. The molecule has 1 N–H and O–H groups in total. The van der Waals surface area contributed by atoms with Gasteiger partial charge in [0.05, 0.1) is 0 Å². The molecular formula is C22H18ClN3O2S. The number of carbonyl (C=O) groups is 2. The van der Waals surface area contributed by atoms with Gasteiger partial charge in [-0.05, 0) is 42.9 Å². The Bertz CT molecular complexity index is 1180. The van der Waals surface area contributed by atoms with Crippen molar-refractivity contribution in [2.45, 2.75) is 13.5 Å². The SMILES string of the molecule is CCN1C(=O)C(=Cc2cn(Cc3ccccc3Cl)c3ccccc23)C(=O)NC1=S. The number of nitrogens with zero attached hydrogens (tertiary/aromatic N) is 2. The van der Waals surface area contributed by atoms with Gasteiger partial charge in [-0.2, -0.15) is 0 Å². The molecule has 29 heavy (non-hydrogen) atoms. The number of carbonyl (C=O) groups excluding carboxylic acids is 2. The number of hydrogen-bond acceptors (Lipinski definition) is 3. The van der Waals surface area contributed by atoms with Crippen molar-refractivity contribution in [2.24, 2.45) is 0 Å². The molecule has 0 aliphatic carbocycles. The van der Waals surface area contributed by atoms with Crippen molar-refractivity contribution < 1.29 is 9.59 Å². The van der Waals surface area contributed by atoms with Crippen LogP contribution >= 0.6 is 23.8 Å². The molecule has 0 radical (unpaired) electrons. The van der Waals surface area contributed by atoms with E-state index in [-0.39, 0.29) is 16.6 Å². The highest BCUT2D eigenvalue weighted by Crippen LogP contribution is 2.27. The summed E-state index contributed by atoms with van der Waals surface area (Å²) in [6, 6.07) is 15.5. The van der Waals surface area contributed by atoms with Gasteiger partial charge in [-0.15, -0.1) is 0 Å². The van der Waals surface area contributed by atoms with E-state index in [1.54, 1.807) is 6.08 Å². The van der Waals surface area contributed by atoms with Crippen LogP contribution in [0.25, 0.3) is 17.0 Å². The molecule has 0 atom stereocenters. The third-order valence-electron chi connectivity index (χ3n) is 4.92. The molecule has 5 nitrogen and oxygen atoms in total. The fourth-order valence-electron chi connectivity index (χ4n) is 3.47. The minimum absolute atomic E-state index is 0.0705. The summed E-state index contributed by atoms with van der Waals surface area (Å²) in [6.45, 7) is 2.78.